The van der Waals surface area contributed by atoms with E-state index in [0.717, 1.165) is 62.4 Å². The molecule has 0 atom stereocenters. The predicted molar refractivity (Wildman–Crippen MR) is 196 cm³/mol. The van der Waals surface area contributed by atoms with Crippen molar-refractivity contribution >= 4 is 48.3 Å². The molecule has 252 valence electrons. The van der Waals surface area contributed by atoms with E-state index in [0.29, 0.717) is 13.2 Å². The average molecular weight is 648 g/mol. The zero-order chi connectivity index (χ0) is 33.2. The highest BCUT2D eigenvalue weighted by atomic mass is 32.2. The summed E-state index contributed by atoms with van der Waals surface area (Å²) in [5, 5.41) is 0. The van der Waals surface area contributed by atoms with E-state index >= 15 is 0 Å². The van der Waals surface area contributed by atoms with Gasteiger partial charge in [-0.15, -0.1) is 0 Å². The van der Waals surface area contributed by atoms with Crippen LogP contribution in [0.3, 0.4) is 0 Å². The van der Waals surface area contributed by atoms with E-state index in [-0.39, 0.29) is 22.0 Å². The first-order valence-electron chi connectivity index (χ1n) is 18.1. The molecule has 5 nitrogen and oxygen atoms in total. The van der Waals surface area contributed by atoms with Gasteiger partial charge in [-0.05, 0) is 106 Å². The lowest BCUT2D eigenvalue weighted by Gasteiger charge is -2.43. The van der Waals surface area contributed by atoms with Gasteiger partial charge in [0.25, 0.3) is 0 Å². The van der Waals surface area contributed by atoms with Crippen molar-refractivity contribution < 1.29 is 18.6 Å². The molecular weight excluding hydrogens is 588 g/mol. The summed E-state index contributed by atoms with van der Waals surface area (Å²) in [6.07, 6.45) is 11.6. The topological polar surface area (TPSA) is 40.2 Å². The lowest BCUT2D eigenvalue weighted by molar-refractivity contribution is -0.0288. The average Bonchev–Trinajstić information content (AvgIpc) is 3.08. The van der Waals surface area contributed by atoms with Crippen LogP contribution in [0.15, 0.2) is 46.2 Å². The molecule has 0 radical (unpaired) electrons. The van der Waals surface area contributed by atoms with Crippen LogP contribution in [0.1, 0.15) is 127 Å². The maximum atomic E-state index is 6.83. The molecule has 2 fully saturated rings. The number of fused-ring (bicyclic) bond motifs is 2. The number of anilines is 2. The highest BCUT2D eigenvalue weighted by Crippen LogP contribution is 2.48. The van der Waals surface area contributed by atoms with Crippen molar-refractivity contribution in [2.75, 3.05) is 24.7 Å². The summed E-state index contributed by atoms with van der Waals surface area (Å²) in [4.78, 5) is 5.03. The maximum absolute atomic E-state index is 6.83. The molecule has 2 aromatic rings. The Kier molecular flexibility index (Phi) is 11.4. The van der Waals surface area contributed by atoms with Crippen molar-refractivity contribution in [3.63, 3.8) is 0 Å². The minimum atomic E-state index is -0.393. The van der Waals surface area contributed by atoms with E-state index in [4.69, 9.17) is 18.6 Å². The Balaban J connectivity index is 1.48. The molecule has 0 aliphatic carbocycles. The zero-order valence-electron chi connectivity index (χ0n) is 30.3. The third kappa shape index (κ3) is 7.88. The highest BCUT2D eigenvalue weighted by molar-refractivity contribution is 7.99. The second-order valence-electron chi connectivity index (χ2n) is 16.1. The van der Waals surface area contributed by atoms with E-state index in [1.807, 2.05) is 11.8 Å². The highest BCUT2D eigenvalue weighted by Gasteiger charge is 2.44. The number of rotatable bonds is 7. The SMILES string of the molecule is CCCCCCN1c2ccc(B3OCCCCC(C)(C)C(C)(C)O3)cc2Sc2cc(B3OCCCCC(C)(C)C(C)(C)O3)ccc21. The Bertz CT molecular complexity index is 1240. The molecule has 46 heavy (non-hydrogen) atoms. The third-order valence-electron chi connectivity index (χ3n) is 11.5. The van der Waals surface area contributed by atoms with E-state index in [1.54, 1.807) is 0 Å². The first kappa shape index (κ1) is 35.9. The lowest BCUT2D eigenvalue weighted by atomic mass is 9.70. The molecule has 3 aliphatic rings. The van der Waals surface area contributed by atoms with Crippen LogP contribution in [-0.4, -0.2) is 45.2 Å². The standard InChI is InChI=1S/C38H59B2NO4S/c1-10-11-12-15-24-41-31-20-18-29(39-42-25-16-13-22-35(2,3)37(6,7)44-39)27-33(31)46-34-28-30(19-21-32(34)41)40-43-26-17-14-23-36(4,5)38(8,9)45-40/h18-21,27-28H,10-17,22-26H2,1-9H3. The molecule has 2 aromatic carbocycles. The molecule has 3 aliphatic heterocycles. The molecule has 0 aromatic heterocycles. The van der Waals surface area contributed by atoms with Crippen LogP contribution < -0.4 is 15.8 Å². The smallest absolute Gasteiger partial charge is 0.407 e. The molecule has 8 heteroatoms. The van der Waals surface area contributed by atoms with Crippen LogP contribution >= 0.6 is 11.8 Å². The largest absolute Gasteiger partial charge is 0.494 e. The van der Waals surface area contributed by atoms with E-state index in [1.165, 1.54) is 40.4 Å². The molecular formula is C38H59B2NO4S. The van der Waals surface area contributed by atoms with Gasteiger partial charge in [-0.3, -0.25) is 0 Å². The Morgan fingerprint density at radius 2 is 1.13 bits per heavy atom. The summed E-state index contributed by atoms with van der Waals surface area (Å²) in [5.74, 6) is 0. The fraction of sp³-hybridized carbons (Fsp3) is 0.684. The molecule has 5 rings (SSSR count). The van der Waals surface area contributed by atoms with Crippen LogP contribution in [0.5, 0.6) is 0 Å². The van der Waals surface area contributed by atoms with Crippen LogP contribution in [-0.2, 0) is 18.6 Å². The van der Waals surface area contributed by atoms with Gasteiger partial charge in [0.15, 0.2) is 0 Å². The van der Waals surface area contributed by atoms with Gasteiger partial charge >= 0.3 is 14.2 Å². The number of hydrogen-bond donors (Lipinski definition) is 0. The number of nitrogens with zero attached hydrogens (tertiary/aromatic N) is 1. The molecule has 0 saturated carbocycles. The summed E-state index contributed by atoms with van der Waals surface area (Å²) in [7, 11) is -0.787. The molecule has 2 saturated heterocycles. The third-order valence-corrected chi connectivity index (χ3v) is 12.6. The van der Waals surface area contributed by atoms with E-state index in [2.05, 4.69) is 104 Å². The van der Waals surface area contributed by atoms with Gasteiger partial charge in [0.2, 0.25) is 0 Å². The van der Waals surface area contributed by atoms with Gasteiger partial charge < -0.3 is 23.5 Å². The first-order chi connectivity index (χ1) is 21.7. The van der Waals surface area contributed by atoms with E-state index < -0.39 is 14.2 Å². The van der Waals surface area contributed by atoms with Gasteiger partial charge in [0.1, 0.15) is 0 Å². The van der Waals surface area contributed by atoms with Crippen molar-refractivity contribution in [2.24, 2.45) is 10.8 Å². The fourth-order valence-corrected chi connectivity index (χ4v) is 7.91. The number of unbranched alkanes of at least 4 members (excludes halogenated alkanes) is 3. The summed E-state index contributed by atoms with van der Waals surface area (Å²) < 4.78 is 26.5. The Morgan fingerprint density at radius 1 is 0.652 bits per heavy atom. The predicted octanol–water partition coefficient (Wildman–Crippen LogP) is 9.30. The second-order valence-corrected chi connectivity index (χ2v) is 17.2. The molecule has 0 amide bonds. The second kappa shape index (κ2) is 14.6. The van der Waals surface area contributed by atoms with Crippen molar-refractivity contribution in [3.8, 4) is 0 Å². The summed E-state index contributed by atoms with van der Waals surface area (Å²) in [5.41, 5.74) is 4.18. The lowest BCUT2D eigenvalue weighted by Crippen LogP contribution is -2.50. The summed E-state index contributed by atoms with van der Waals surface area (Å²) in [6.45, 7) is 22.9. The molecule has 0 spiro atoms. The fourth-order valence-electron chi connectivity index (χ4n) is 6.72. The van der Waals surface area contributed by atoms with Crippen LogP contribution in [0.25, 0.3) is 0 Å². The molecule has 0 unspecified atom stereocenters. The Hall–Kier alpha value is -1.44. The van der Waals surface area contributed by atoms with Crippen LogP contribution in [0, 0.1) is 10.8 Å². The molecule has 3 heterocycles. The normalized spacial score (nSPS) is 22.8. The zero-order valence-corrected chi connectivity index (χ0v) is 31.1. The monoisotopic (exact) mass is 647 g/mol. The van der Waals surface area contributed by atoms with Gasteiger partial charge in [0, 0.05) is 29.5 Å². The summed E-state index contributed by atoms with van der Waals surface area (Å²) in [6, 6.07) is 13.7. The number of benzene rings is 2. The van der Waals surface area contributed by atoms with Crippen molar-refractivity contribution in [1.82, 2.24) is 0 Å². The van der Waals surface area contributed by atoms with E-state index in [9.17, 15) is 0 Å². The Labute approximate surface area is 285 Å². The van der Waals surface area contributed by atoms with Gasteiger partial charge in [-0.25, -0.2) is 0 Å². The van der Waals surface area contributed by atoms with Crippen molar-refractivity contribution in [1.29, 1.82) is 0 Å². The quantitative estimate of drug-likeness (QED) is 0.220. The van der Waals surface area contributed by atoms with Crippen molar-refractivity contribution in [3.05, 3.63) is 36.4 Å². The first-order valence-corrected chi connectivity index (χ1v) is 18.9. The van der Waals surface area contributed by atoms with Gasteiger partial charge in [0.05, 0.1) is 22.6 Å². The minimum absolute atomic E-state index is 0.0521. The van der Waals surface area contributed by atoms with Gasteiger partial charge in [-0.1, -0.05) is 90.6 Å². The summed E-state index contributed by atoms with van der Waals surface area (Å²) >= 11 is 1.85. The Morgan fingerprint density at radius 3 is 1.59 bits per heavy atom. The minimum Gasteiger partial charge on any atom is -0.407 e. The van der Waals surface area contributed by atoms with Crippen LogP contribution in [0.2, 0.25) is 0 Å². The van der Waals surface area contributed by atoms with Crippen molar-refractivity contribution in [2.45, 2.75) is 148 Å². The number of hydrogen-bond acceptors (Lipinski definition) is 6. The maximum Gasteiger partial charge on any atom is 0.494 e. The van der Waals surface area contributed by atoms with Gasteiger partial charge in [-0.2, -0.15) is 0 Å². The molecule has 0 N–H and O–H groups in total. The molecule has 0 bridgehead atoms. The van der Waals surface area contributed by atoms with Crippen LogP contribution in [0.4, 0.5) is 11.4 Å².